The van der Waals surface area contributed by atoms with Gasteiger partial charge in [-0.3, -0.25) is 9.63 Å². The van der Waals surface area contributed by atoms with Crippen LogP contribution in [-0.2, 0) is 4.84 Å². The molecule has 1 heterocycles. The lowest BCUT2D eigenvalue weighted by Gasteiger charge is -2.13. The van der Waals surface area contributed by atoms with Crippen molar-refractivity contribution in [2.75, 3.05) is 13.2 Å². The zero-order valence-corrected chi connectivity index (χ0v) is 10.4. The van der Waals surface area contributed by atoms with Crippen molar-refractivity contribution in [2.45, 2.75) is 6.10 Å². The predicted molar refractivity (Wildman–Crippen MR) is 63.8 cm³/mol. The molecule has 0 bridgehead atoms. The molecule has 1 fully saturated rings. The molecule has 86 valence electrons. The molecule has 2 N–H and O–H groups in total. The Morgan fingerprint density at radius 3 is 2.88 bits per heavy atom. The fraction of sp³-hybridized carbons (Fsp3) is 0.300. The summed E-state index contributed by atoms with van der Waals surface area (Å²) < 4.78 is 0.677. The second kappa shape index (κ2) is 4.56. The molecule has 2 rings (SSSR count). The summed E-state index contributed by atoms with van der Waals surface area (Å²) in [7, 11) is 0. The molecule has 0 aliphatic carbocycles. The number of hydrogen-bond acceptors (Lipinski definition) is 4. The van der Waals surface area contributed by atoms with E-state index in [4.69, 9.17) is 4.84 Å². The van der Waals surface area contributed by atoms with Crippen molar-refractivity contribution in [2.24, 2.45) is 0 Å². The van der Waals surface area contributed by atoms with E-state index in [1.807, 2.05) is 22.6 Å². The van der Waals surface area contributed by atoms with E-state index in [1.165, 1.54) is 6.07 Å². The van der Waals surface area contributed by atoms with Crippen LogP contribution in [0.25, 0.3) is 0 Å². The number of hydroxylamine groups is 2. The number of rotatable bonds is 1. The third kappa shape index (κ3) is 2.28. The Hall–Kier alpha value is -0.860. The number of amides is 1. The second-order valence-electron chi connectivity index (χ2n) is 3.48. The van der Waals surface area contributed by atoms with Gasteiger partial charge in [0.05, 0.1) is 10.1 Å². The van der Waals surface area contributed by atoms with Gasteiger partial charge in [0.25, 0.3) is 5.91 Å². The third-order valence-electron chi connectivity index (χ3n) is 2.22. The van der Waals surface area contributed by atoms with Crippen LogP contribution < -0.4 is 0 Å². The summed E-state index contributed by atoms with van der Waals surface area (Å²) in [5.41, 5.74) is 0.340. The number of carbonyl (C=O) groups excluding carboxylic acids is 1. The first-order valence-corrected chi connectivity index (χ1v) is 5.77. The summed E-state index contributed by atoms with van der Waals surface area (Å²) >= 11 is 1.97. The first-order valence-electron chi connectivity index (χ1n) is 4.69. The van der Waals surface area contributed by atoms with E-state index in [0.717, 1.165) is 5.06 Å². The molecule has 1 amide bonds. The third-order valence-corrected chi connectivity index (χ3v) is 3.13. The molecule has 1 aliphatic heterocycles. The number of β-amino-alcohol motifs (C(OH)–C–C–N with tert-alkyl or cyclic N) is 1. The van der Waals surface area contributed by atoms with Crippen molar-refractivity contribution >= 4 is 28.5 Å². The maximum absolute atomic E-state index is 11.8. The van der Waals surface area contributed by atoms with Crippen LogP contribution in [0.5, 0.6) is 5.75 Å². The van der Waals surface area contributed by atoms with Crippen LogP contribution in [0.2, 0.25) is 0 Å². The molecular weight excluding hydrogens is 325 g/mol. The molecule has 0 aromatic heterocycles. The molecule has 0 unspecified atom stereocenters. The quantitative estimate of drug-likeness (QED) is 0.743. The Bertz CT molecular complexity index is 423. The summed E-state index contributed by atoms with van der Waals surface area (Å²) in [6, 6.07) is 4.64. The molecule has 6 heteroatoms. The van der Waals surface area contributed by atoms with Crippen molar-refractivity contribution in [1.82, 2.24) is 5.06 Å². The molecule has 1 aromatic rings. The fourth-order valence-electron chi connectivity index (χ4n) is 1.40. The highest BCUT2D eigenvalue weighted by Crippen LogP contribution is 2.22. The molecule has 16 heavy (non-hydrogen) atoms. The highest BCUT2D eigenvalue weighted by atomic mass is 127. The number of benzene rings is 1. The molecule has 0 spiro atoms. The van der Waals surface area contributed by atoms with Gasteiger partial charge >= 0.3 is 0 Å². The zero-order valence-electron chi connectivity index (χ0n) is 8.26. The van der Waals surface area contributed by atoms with E-state index < -0.39 is 6.10 Å². The fourth-order valence-corrected chi connectivity index (χ4v) is 1.74. The molecular formula is C10H10INO4. The number of phenols is 1. The van der Waals surface area contributed by atoms with Gasteiger partial charge in [-0.1, -0.05) is 0 Å². The standard InChI is InChI=1S/C10H10INO4/c11-8-2-1-6(3-9(8)14)10(15)12-4-7(13)5-16-12/h1-3,7,13-14H,4-5H2/t7-/m0/s1. The van der Waals surface area contributed by atoms with Crippen LogP contribution >= 0.6 is 22.6 Å². The van der Waals surface area contributed by atoms with Crippen molar-refractivity contribution < 1.29 is 19.8 Å². The minimum atomic E-state index is -0.638. The average Bonchev–Trinajstić information content (AvgIpc) is 2.68. The van der Waals surface area contributed by atoms with Crippen molar-refractivity contribution in [3.8, 4) is 5.75 Å². The largest absolute Gasteiger partial charge is 0.507 e. The first kappa shape index (κ1) is 11.6. The Balaban J connectivity index is 2.18. The van der Waals surface area contributed by atoms with Crippen LogP contribution in [0, 0.1) is 3.57 Å². The lowest BCUT2D eigenvalue weighted by atomic mass is 10.2. The predicted octanol–water partition coefficient (Wildman–Crippen LogP) is 0.745. The van der Waals surface area contributed by atoms with E-state index in [0.29, 0.717) is 9.13 Å². The molecule has 1 aliphatic rings. The highest BCUT2D eigenvalue weighted by Gasteiger charge is 2.27. The van der Waals surface area contributed by atoms with Gasteiger partial charge in [0.15, 0.2) is 0 Å². The number of halogens is 1. The Morgan fingerprint density at radius 2 is 2.31 bits per heavy atom. The van der Waals surface area contributed by atoms with Gasteiger partial charge in [-0.15, -0.1) is 0 Å². The monoisotopic (exact) mass is 335 g/mol. The van der Waals surface area contributed by atoms with Gasteiger partial charge in [-0.05, 0) is 40.8 Å². The van der Waals surface area contributed by atoms with Gasteiger partial charge < -0.3 is 10.2 Å². The van der Waals surface area contributed by atoms with Gasteiger partial charge in [0.2, 0.25) is 0 Å². The van der Waals surface area contributed by atoms with Crippen LogP contribution in [0.1, 0.15) is 10.4 Å². The molecule has 0 radical (unpaired) electrons. The van der Waals surface area contributed by atoms with Crippen LogP contribution in [-0.4, -0.2) is 40.4 Å². The first-order chi connectivity index (χ1) is 7.58. The van der Waals surface area contributed by atoms with Gasteiger partial charge in [-0.25, -0.2) is 5.06 Å². The number of nitrogens with zero attached hydrogens (tertiary/aromatic N) is 1. The molecule has 5 nitrogen and oxygen atoms in total. The van der Waals surface area contributed by atoms with Gasteiger partial charge in [-0.2, -0.15) is 0 Å². The normalized spacial score (nSPS) is 20.1. The van der Waals surface area contributed by atoms with Crippen molar-refractivity contribution in [3.63, 3.8) is 0 Å². The van der Waals surface area contributed by atoms with Gasteiger partial charge in [0.1, 0.15) is 18.5 Å². The summed E-state index contributed by atoms with van der Waals surface area (Å²) in [6.07, 6.45) is -0.638. The number of aliphatic hydroxyl groups excluding tert-OH is 1. The highest BCUT2D eigenvalue weighted by molar-refractivity contribution is 14.1. The van der Waals surface area contributed by atoms with Crippen LogP contribution in [0.15, 0.2) is 18.2 Å². The van der Waals surface area contributed by atoms with E-state index in [-0.39, 0.29) is 24.8 Å². The Morgan fingerprint density at radius 1 is 1.56 bits per heavy atom. The van der Waals surface area contributed by atoms with E-state index in [2.05, 4.69) is 0 Å². The summed E-state index contributed by atoms with van der Waals surface area (Å²) in [5.74, 6) is -0.297. The number of hydrogen-bond donors (Lipinski definition) is 2. The molecule has 1 atom stereocenters. The minimum Gasteiger partial charge on any atom is -0.507 e. The Kier molecular flexibility index (Phi) is 3.31. The van der Waals surface area contributed by atoms with E-state index in [1.54, 1.807) is 12.1 Å². The molecule has 1 aromatic carbocycles. The SMILES string of the molecule is O=C(c1ccc(I)c(O)c1)N1C[C@H](O)CO1. The summed E-state index contributed by atoms with van der Waals surface area (Å²) in [4.78, 5) is 16.8. The Labute approximate surface area is 106 Å². The number of phenolic OH excluding ortho intramolecular Hbond substituents is 1. The number of carbonyl (C=O) groups is 1. The van der Waals surface area contributed by atoms with Gasteiger partial charge in [0, 0.05) is 5.56 Å². The summed E-state index contributed by atoms with van der Waals surface area (Å²) in [5, 5.41) is 19.8. The number of aromatic hydroxyl groups is 1. The summed E-state index contributed by atoms with van der Waals surface area (Å²) in [6.45, 7) is 0.285. The van der Waals surface area contributed by atoms with Crippen molar-refractivity contribution in [3.05, 3.63) is 27.3 Å². The van der Waals surface area contributed by atoms with Crippen molar-refractivity contribution in [1.29, 1.82) is 0 Å². The molecule has 1 saturated heterocycles. The van der Waals surface area contributed by atoms with Crippen LogP contribution in [0.4, 0.5) is 0 Å². The maximum Gasteiger partial charge on any atom is 0.277 e. The van der Waals surface area contributed by atoms with E-state index >= 15 is 0 Å². The maximum atomic E-state index is 11.8. The average molecular weight is 335 g/mol. The smallest absolute Gasteiger partial charge is 0.277 e. The zero-order chi connectivity index (χ0) is 11.7. The number of aliphatic hydroxyl groups is 1. The van der Waals surface area contributed by atoms with Crippen LogP contribution in [0.3, 0.4) is 0 Å². The topological polar surface area (TPSA) is 70.0 Å². The molecule has 0 saturated carbocycles. The van der Waals surface area contributed by atoms with E-state index in [9.17, 15) is 15.0 Å². The lowest BCUT2D eigenvalue weighted by molar-refractivity contribution is -0.0779. The lowest BCUT2D eigenvalue weighted by Crippen LogP contribution is -2.28. The second-order valence-corrected chi connectivity index (χ2v) is 4.64. The minimum absolute atomic E-state index is 0.0613.